The van der Waals surface area contributed by atoms with Crippen molar-refractivity contribution in [3.05, 3.63) is 0 Å². The highest BCUT2D eigenvalue weighted by Gasteiger charge is 2.46. The lowest BCUT2D eigenvalue weighted by atomic mass is 9.88. The van der Waals surface area contributed by atoms with Crippen molar-refractivity contribution in [3.63, 3.8) is 0 Å². The first-order valence-electron chi connectivity index (χ1n) is 8.47. The number of hydrogen-bond acceptors (Lipinski definition) is 6. The first-order valence-corrected chi connectivity index (χ1v) is 8.47. The van der Waals surface area contributed by atoms with E-state index in [0.717, 1.165) is 0 Å². The number of ether oxygens (including phenoxy) is 1. The number of nitrogens with one attached hydrogen (secondary N) is 1. The number of hydrogen-bond donors (Lipinski definition) is 4. The van der Waals surface area contributed by atoms with Crippen LogP contribution in [0.2, 0.25) is 0 Å². The molecule has 150 valence electrons. The summed E-state index contributed by atoms with van der Waals surface area (Å²) in [5, 5.41) is 29.6. The van der Waals surface area contributed by atoms with Crippen LogP contribution in [0.5, 0.6) is 0 Å². The van der Waals surface area contributed by atoms with Gasteiger partial charge in [0.15, 0.2) is 0 Å². The second-order valence-electron chi connectivity index (χ2n) is 6.73. The molecule has 0 aliphatic carbocycles. The van der Waals surface area contributed by atoms with Gasteiger partial charge in [0, 0.05) is 32.7 Å². The van der Waals surface area contributed by atoms with Crippen LogP contribution in [0.15, 0.2) is 0 Å². The Labute approximate surface area is 149 Å². The predicted octanol–water partition coefficient (Wildman–Crippen LogP) is -1.07. The van der Waals surface area contributed by atoms with Gasteiger partial charge in [0.1, 0.15) is 6.10 Å². The zero-order valence-corrected chi connectivity index (χ0v) is 14.3. The molecule has 2 amide bonds. The number of aliphatic hydroxyl groups is 2. The molecule has 9 nitrogen and oxygen atoms in total. The fraction of sp³-hybridized carbons (Fsp3) is 0.867. The molecule has 1 spiro atoms. The van der Waals surface area contributed by atoms with Crippen LogP contribution in [0, 0.1) is 0 Å². The normalized spacial score (nSPS) is 24.7. The van der Waals surface area contributed by atoms with Crippen LogP contribution in [0.25, 0.3) is 0 Å². The van der Waals surface area contributed by atoms with Crippen LogP contribution in [-0.2, 0) is 9.53 Å². The van der Waals surface area contributed by atoms with Crippen LogP contribution in [0.4, 0.5) is 13.6 Å². The topological polar surface area (TPSA) is 123 Å². The van der Waals surface area contributed by atoms with Crippen LogP contribution in [-0.4, -0.2) is 107 Å². The summed E-state index contributed by atoms with van der Waals surface area (Å²) in [6, 6.07) is 0. The molecule has 2 aliphatic rings. The quantitative estimate of drug-likeness (QED) is 0.462. The number of halogens is 2. The number of amides is 2. The van der Waals surface area contributed by atoms with Gasteiger partial charge in [-0.1, -0.05) is 0 Å². The standard InChI is InChI=1S/C15H25F2N3O6/c16-12(17)7-19-6-11(13(23)18-5-10(22)8-21)26-15(9-19)1-3-20(4-2-15)14(24)25/h10-12,21-22H,1-9H2,(H,18,23)(H,24,25). The number of likely N-dealkylation sites (tertiary alicyclic amines) is 1. The van der Waals surface area contributed by atoms with Crippen LogP contribution in [0.1, 0.15) is 12.8 Å². The minimum absolute atomic E-state index is 0.0181. The van der Waals surface area contributed by atoms with Crippen molar-refractivity contribution in [1.29, 1.82) is 0 Å². The summed E-state index contributed by atoms with van der Waals surface area (Å²) in [4.78, 5) is 26.0. The van der Waals surface area contributed by atoms with E-state index < -0.39 is 49.4 Å². The Morgan fingerprint density at radius 1 is 1.31 bits per heavy atom. The largest absolute Gasteiger partial charge is 0.465 e. The third-order valence-electron chi connectivity index (χ3n) is 4.68. The molecule has 2 heterocycles. The Kier molecular flexibility index (Phi) is 7.09. The van der Waals surface area contributed by atoms with Gasteiger partial charge in [-0.15, -0.1) is 0 Å². The Morgan fingerprint density at radius 2 is 1.96 bits per heavy atom. The highest BCUT2D eigenvalue weighted by Crippen LogP contribution is 2.32. The third-order valence-corrected chi connectivity index (χ3v) is 4.68. The molecule has 2 atom stereocenters. The number of rotatable bonds is 6. The van der Waals surface area contributed by atoms with Crippen molar-refractivity contribution in [1.82, 2.24) is 15.1 Å². The molecule has 11 heteroatoms. The van der Waals surface area contributed by atoms with Crippen LogP contribution >= 0.6 is 0 Å². The summed E-state index contributed by atoms with van der Waals surface area (Å²) in [6.45, 7) is -0.604. The molecule has 0 aromatic heterocycles. The lowest BCUT2D eigenvalue weighted by Gasteiger charge is -2.49. The summed E-state index contributed by atoms with van der Waals surface area (Å²) in [5.41, 5.74) is -0.864. The van der Waals surface area contributed by atoms with E-state index in [2.05, 4.69) is 5.32 Å². The van der Waals surface area contributed by atoms with Crippen molar-refractivity contribution >= 4 is 12.0 Å². The molecular formula is C15H25F2N3O6. The Hall–Kier alpha value is -1.56. The first-order chi connectivity index (χ1) is 12.2. The zero-order chi connectivity index (χ0) is 19.3. The average Bonchev–Trinajstić information content (AvgIpc) is 2.58. The molecule has 2 fully saturated rings. The lowest BCUT2D eigenvalue weighted by Crippen LogP contribution is -2.63. The maximum Gasteiger partial charge on any atom is 0.407 e. The third kappa shape index (κ3) is 5.47. The molecule has 0 aromatic carbocycles. The molecule has 2 saturated heterocycles. The lowest BCUT2D eigenvalue weighted by molar-refractivity contribution is -0.186. The van der Waals surface area contributed by atoms with E-state index >= 15 is 0 Å². The fourth-order valence-electron chi connectivity index (χ4n) is 3.33. The van der Waals surface area contributed by atoms with E-state index in [1.807, 2.05) is 0 Å². The molecule has 2 rings (SSSR count). The van der Waals surface area contributed by atoms with Gasteiger partial charge in [0.05, 0.1) is 24.9 Å². The minimum atomic E-state index is -2.57. The van der Waals surface area contributed by atoms with Gasteiger partial charge in [-0.3, -0.25) is 9.69 Å². The van der Waals surface area contributed by atoms with Gasteiger partial charge in [-0.05, 0) is 12.8 Å². The summed E-state index contributed by atoms with van der Waals surface area (Å²) >= 11 is 0. The van der Waals surface area contributed by atoms with Gasteiger partial charge in [0.25, 0.3) is 12.3 Å². The van der Waals surface area contributed by atoms with E-state index in [0.29, 0.717) is 12.8 Å². The minimum Gasteiger partial charge on any atom is -0.465 e. The van der Waals surface area contributed by atoms with E-state index in [4.69, 9.17) is 14.9 Å². The Bertz CT molecular complexity index is 502. The average molecular weight is 381 g/mol. The molecule has 0 bridgehead atoms. The maximum absolute atomic E-state index is 12.8. The van der Waals surface area contributed by atoms with E-state index in [1.165, 1.54) is 9.80 Å². The van der Waals surface area contributed by atoms with Gasteiger partial charge in [0.2, 0.25) is 0 Å². The van der Waals surface area contributed by atoms with E-state index in [1.54, 1.807) is 0 Å². The smallest absolute Gasteiger partial charge is 0.407 e. The molecule has 26 heavy (non-hydrogen) atoms. The van der Waals surface area contributed by atoms with Crippen molar-refractivity contribution < 1.29 is 38.4 Å². The molecule has 2 unspecified atom stereocenters. The number of piperidine rings is 1. The number of nitrogens with zero attached hydrogens (tertiary/aromatic N) is 2. The second kappa shape index (κ2) is 8.89. The monoisotopic (exact) mass is 381 g/mol. The number of carbonyl (C=O) groups excluding carboxylic acids is 1. The van der Waals surface area contributed by atoms with Gasteiger partial charge < -0.3 is 30.3 Å². The highest BCUT2D eigenvalue weighted by molar-refractivity contribution is 5.81. The van der Waals surface area contributed by atoms with E-state index in [-0.39, 0.29) is 32.7 Å². The van der Waals surface area contributed by atoms with Crippen molar-refractivity contribution in [2.75, 3.05) is 45.9 Å². The van der Waals surface area contributed by atoms with Crippen molar-refractivity contribution in [2.24, 2.45) is 0 Å². The van der Waals surface area contributed by atoms with E-state index in [9.17, 15) is 23.5 Å². The van der Waals surface area contributed by atoms with Crippen LogP contribution < -0.4 is 5.32 Å². The predicted molar refractivity (Wildman–Crippen MR) is 85.0 cm³/mol. The van der Waals surface area contributed by atoms with Crippen LogP contribution in [0.3, 0.4) is 0 Å². The molecule has 0 aromatic rings. The number of carboxylic acid groups (broad SMARTS) is 1. The molecule has 0 radical (unpaired) electrons. The van der Waals surface area contributed by atoms with Crippen molar-refractivity contribution in [2.45, 2.75) is 37.1 Å². The Morgan fingerprint density at radius 3 is 2.50 bits per heavy atom. The Balaban J connectivity index is 2.04. The van der Waals surface area contributed by atoms with Crippen molar-refractivity contribution in [3.8, 4) is 0 Å². The second-order valence-corrected chi connectivity index (χ2v) is 6.73. The summed E-state index contributed by atoms with van der Waals surface area (Å²) < 4.78 is 31.6. The SMILES string of the molecule is O=C(NCC(O)CO)C1CN(CC(F)F)CC2(CCN(C(=O)O)CC2)O1. The molecule has 0 saturated carbocycles. The highest BCUT2D eigenvalue weighted by atomic mass is 19.3. The number of aliphatic hydroxyl groups excluding tert-OH is 2. The molecule has 2 aliphatic heterocycles. The number of morpholine rings is 1. The van der Waals surface area contributed by atoms with Gasteiger partial charge in [-0.2, -0.15) is 0 Å². The van der Waals surface area contributed by atoms with Gasteiger partial charge >= 0.3 is 6.09 Å². The molecular weight excluding hydrogens is 356 g/mol. The molecule has 4 N–H and O–H groups in total. The first kappa shape index (κ1) is 20.7. The summed E-state index contributed by atoms with van der Waals surface area (Å²) in [7, 11) is 0. The number of alkyl halides is 2. The summed E-state index contributed by atoms with van der Waals surface area (Å²) in [6.07, 6.45) is -5.13. The zero-order valence-electron chi connectivity index (χ0n) is 14.3. The summed E-state index contributed by atoms with van der Waals surface area (Å²) in [5.74, 6) is -0.559. The number of carbonyl (C=O) groups is 2. The maximum atomic E-state index is 12.8. The fourth-order valence-corrected chi connectivity index (χ4v) is 3.33. The van der Waals surface area contributed by atoms with Gasteiger partial charge in [-0.25, -0.2) is 13.6 Å².